The maximum absolute atomic E-state index is 12.1. The molecule has 0 aromatic carbocycles. The van der Waals surface area contributed by atoms with Crippen molar-refractivity contribution < 1.29 is 18.8 Å². The highest BCUT2D eigenvalue weighted by Gasteiger charge is 2.26. The molecule has 25 heavy (non-hydrogen) atoms. The minimum atomic E-state index is 0.0432. The lowest BCUT2D eigenvalue weighted by Crippen LogP contribution is -2.45. The van der Waals surface area contributed by atoms with Gasteiger partial charge in [-0.3, -0.25) is 4.79 Å². The van der Waals surface area contributed by atoms with E-state index in [0.717, 1.165) is 51.3 Å². The van der Waals surface area contributed by atoms with Crippen LogP contribution in [-0.2, 0) is 20.7 Å². The van der Waals surface area contributed by atoms with E-state index in [4.69, 9.17) is 14.0 Å². The van der Waals surface area contributed by atoms with Gasteiger partial charge in [0.05, 0.1) is 12.7 Å². The maximum Gasteiger partial charge on any atom is 0.229 e. The molecule has 0 bridgehead atoms. The monoisotopic (exact) mass is 351 g/mol. The van der Waals surface area contributed by atoms with E-state index >= 15 is 0 Å². The molecule has 7 nitrogen and oxygen atoms in total. The van der Waals surface area contributed by atoms with Crippen LogP contribution in [0.4, 0.5) is 0 Å². The van der Waals surface area contributed by atoms with E-state index < -0.39 is 0 Å². The Balaban J connectivity index is 1.42. The van der Waals surface area contributed by atoms with Crippen molar-refractivity contribution >= 4 is 5.91 Å². The molecule has 3 rings (SSSR count). The molecule has 1 atom stereocenters. The van der Waals surface area contributed by atoms with E-state index in [1.165, 1.54) is 0 Å². The molecule has 1 aromatic heterocycles. The molecule has 2 aliphatic heterocycles. The number of piperidine rings is 1. The Labute approximate surface area is 149 Å². The van der Waals surface area contributed by atoms with Crippen LogP contribution in [0, 0.1) is 5.92 Å². The molecule has 2 fully saturated rings. The Morgan fingerprint density at radius 1 is 1.32 bits per heavy atom. The Morgan fingerprint density at radius 2 is 2.12 bits per heavy atom. The lowest BCUT2D eigenvalue weighted by atomic mass is 10.0. The first-order valence-electron chi connectivity index (χ1n) is 9.44. The summed E-state index contributed by atoms with van der Waals surface area (Å²) in [5.41, 5.74) is 0. The van der Waals surface area contributed by atoms with Crippen molar-refractivity contribution in [1.82, 2.24) is 15.0 Å². The molecule has 2 aliphatic rings. The summed E-state index contributed by atoms with van der Waals surface area (Å²) in [5, 5.41) is 4.07. The zero-order chi connectivity index (χ0) is 17.6. The van der Waals surface area contributed by atoms with Gasteiger partial charge in [-0.1, -0.05) is 19.0 Å². The molecule has 1 unspecified atom stereocenters. The number of aromatic nitrogens is 2. The fourth-order valence-corrected chi connectivity index (χ4v) is 3.44. The molecular weight excluding hydrogens is 322 g/mol. The number of amides is 1. The smallest absolute Gasteiger partial charge is 0.229 e. The van der Waals surface area contributed by atoms with Crippen molar-refractivity contribution in [2.75, 3.05) is 32.9 Å². The molecule has 1 aromatic rings. The molecule has 140 valence electrons. The Bertz CT molecular complexity index is 554. The summed E-state index contributed by atoms with van der Waals surface area (Å²) >= 11 is 0. The fraction of sp³-hybridized carbons (Fsp3) is 0.833. The topological polar surface area (TPSA) is 77.7 Å². The molecule has 0 saturated carbocycles. The summed E-state index contributed by atoms with van der Waals surface area (Å²) in [4.78, 5) is 18.6. The summed E-state index contributed by atoms with van der Waals surface area (Å²) < 4.78 is 16.7. The first-order chi connectivity index (χ1) is 12.1. The number of hydrogen-bond acceptors (Lipinski definition) is 6. The zero-order valence-corrected chi connectivity index (χ0v) is 15.3. The minimum Gasteiger partial charge on any atom is -0.381 e. The molecule has 2 saturated heterocycles. The van der Waals surface area contributed by atoms with Gasteiger partial charge >= 0.3 is 0 Å². The summed E-state index contributed by atoms with van der Waals surface area (Å²) in [6.45, 7) is 7.50. The van der Waals surface area contributed by atoms with E-state index in [2.05, 4.69) is 10.1 Å². The van der Waals surface area contributed by atoms with Crippen molar-refractivity contribution in [1.29, 1.82) is 0 Å². The predicted molar refractivity (Wildman–Crippen MR) is 91.2 cm³/mol. The fourth-order valence-electron chi connectivity index (χ4n) is 3.44. The number of likely N-dealkylation sites (tertiary alicyclic amines) is 1. The predicted octanol–water partition coefficient (Wildman–Crippen LogP) is 2.17. The van der Waals surface area contributed by atoms with E-state index in [-0.39, 0.29) is 17.9 Å². The van der Waals surface area contributed by atoms with Crippen molar-refractivity contribution in [3.8, 4) is 0 Å². The minimum absolute atomic E-state index is 0.0432. The number of carbonyl (C=O) groups excluding carboxylic acids is 1. The molecule has 0 radical (unpaired) electrons. The average molecular weight is 351 g/mol. The molecular formula is C18H29N3O4. The maximum atomic E-state index is 12.1. The van der Waals surface area contributed by atoms with Crippen LogP contribution in [0.15, 0.2) is 4.52 Å². The molecule has 3 heterocycles. The highest BCUT2D eigenvalue weighted by molar-refractivity contribution is 5.78. The number of rotatable bonds is 6. The van der Waals surface area contributed by atoms with Crippen LogP contribution in [0.5, 0.6) is 0 Å². The van der Waals surface area contributed by atoms with Crippen LogP contribution in [-0.4, -0.2) is 60.0 Å². The van der Waals surface area contributed by atoms with Gasteiger partial charge in [0.25, 0.3) is 0 Å². The van der Waals surface area contributed by atoms with Crippen molar-refractivity contribution in [2.45, 2.75) is 58.0 Å². The third kappa shape index (κ3) is 5.01. The van der Waals surface area contributed by atoms with Crippen LogP contribution < -0.4 is 0 Å². The van der Waals surface area contributed by atoms with Crippen LogP contribution in [0.1, 0.15) is 57.2 Å². The average Bonchev–Trinajstić information content (AvgIpc) is 3.11. The van der Waals surface area contributed by atoms with Crippen LogP contribution in [0.25, 0.3) is 0 Å². The van der Waals surface area contributed by atoms with Gasteiger partial charge in [0.15, 0.2) is 5.82 Å². The third-order valence-electron chi connectivity index (χ3n) is 4.92. The lowest BCUT2D eigenvalue weighted by Gasteiger charge is -2.33. The van der Waals surface area contributed by atoms with Gasteiger partial charge in [0, 0.05) is 44.6 Å². The van der Waals surface area contributed by atoms with Gasteiger partial charge < -0.3 is 18.9 Å². The SMILES string of the molecule is CC(C)C(=O)N1CCCC(OCCc2noc(C3CCOCC3)n2)C1. The first-order valence-corrected chi connectivity index (χ1v) is 9.44. The standard InChI is InChI=1S/C18H29N3O4/c1-13(2)18(22)21-8-3-4-15(12-21)24-11-7-16-19-17(25-20-16)14-5-9-23-10-6-14/h13-15H,3-12H2,1-2H3. The highest BCUT2D eigenvalue weighted by Crippen LogP contribution is 2.25. The van der Waals surface area contributed by atoms with E-state index in [1.807, 2.05) is 18.7 Å². The number of nitrogens with zero attached hydrogens (tertiary/aromatic N) is 3. The number of carbonyl (C=O) groups is 1. The normalized spacial score (nSPS) is 22.5. The second kappa shape index (κ2) is 8.76. The molecule has 1 amide bonds. The lowest BCUT2D eigenvalue weighted by molar-refractivity contribution is -0.138. The summed E-state index contributed by atoms with van der Waals surface area (Å²) in [6, 6.07) is 0. The second-order valence-corrected chi connectivity index (χ2v) is 7.26. The van der Waals surface area contributed by atoms with Gasteiger partial charge in [-0.25, -0.2) is 0 Å². The number of hydrogen-bond donors (Lipinski definition) is 0. The Hall–Kier alpha value is -1.47. The molecule has 0 N–H and O–H groups in total. The number of ether oxygens (including phenoxy) is 2. The summed E-state index contributed by atoms with van der Waals surface area (Å²) in [5.74, 6) is 2.01. The summed E-state index contributed by atoms with van der Waals surface area (Å²) in [6.07, 6.45) is 4.64. The Morgan fingerprint density at radius 3 is 2.88 bits per heavy atom. The van der Waals surface area contributed by atoms with Crippen LogP contribution in [0.3, 0.4) is 0 Å². The van der Waals surface area contributed by atoms with Crippen molar-refractivity contribution in [3.05, 3.63) is 11.7 Å². The van der Waals surface area contributed by atoms with Gasteiger partial charge in [0.2, 0.25) is 11.8 Å². The van der Waals surface area contributed by atoms with Gasteiger partial charge in [-0.05, 0) is 25.7 Å². The van der Waals surface area contributed by atoms with Crippen molar-refractivity contribution in [2.24, 2.45) is 5.92 Å². The van der Waals surface area contributed by atoms with Crippen LogP contribution in [0.2, 0.25) is 0 Å². The second-order valence-electron chi connectivity index (χ2n) is 7.26. The molecule has 0 aliphatic carbocycles. The van der Waals surface area contributed by atoms with Crippen molar-refractivity contribution in [3.63, 3.8) is 0 Å². The molecule has 0 spiro atoms. The first kappa shape index (κ1) is 18.3. The largest absolute Gasteiger partial charge is 0.381 e. The third-order valence-corrected chi connectivity index (χ3v) is 4.92. The van der Waals surface area contributed by atoms with E-state index in [1.54, 1.807) is 0 Å². The van der Waals surface area contributed by atoms with E-state index in [0.29, 0.717) is 31.3 Å². The van der Waals surface area contributed by atoms with Gasteiger partial charge in [-0.2, -0.15) is 4.98 Å². The quantitative estimate of drug-likeness (QED) is 0.782. The summed E-state index contributed by atoms with van der Waals surface area (Å²) in [7, 11) is 0. The van der Waals surface area contributed by atoms with Gasteiger partial charge in [0.1, 0.15) is 0 Å². The molecule has 7 heteroatoms. The van der Waals surface area contributed by atoms with E-state index in [9.17, 15) is 4.79 Å². The zero-order valence-electron chi connectivity index (χ0n) is 15.3. The highest BCUT2D eigenvalue weighted by atomic mass is 16.5. The van der Waals surface area contributed by atoms with Gasteiger partial charge in [-0.15, -0.1) is 0 Å². The van der Waals surface area contributed by atoms with Crippen LogP contribution >= 0.6 is 0 Å². The Kier molecular flexibility index (Phi) is 6.42.